The number of carbonyl (C=O) groups is 1. The average Bonchev–Trinajstić information content (AvgIpc) is 3.40. The van der Waals surface area contributed by atoms with Gasteiger partial charge < -0.3 is 5.32 Å². The Bertz CT molecular complexity index is 1010. The highest BCUT2D eigenvalue weighted by atomic mass is 35.5. The largest absolute Gasteiger partial charge is 0.350 e. The minimum atomic E-state index is -0.346. The van der Waals surface area contributed by atoms with Crippen molar-refractivity contribution in [3.63, 3.8) is 0 Å². The van der Waals surface area contributed by atoms with Crippen LogP contribution in [0.4, 0.5) is 4.39 Å². The number of halogens is 2. The van der Waals surface area contributed by atoms with Crippen molar-refractivity contribution in [2.75, 3.05) is 19.6 Å². The first-order valence-corrected chi connectivity index (χ1v) is 10.5. The Morgan fingerprint density at radius 2 is 1.90 bits per heavy atom. The van der Waals surface area contributed by atoms with Gasteiger partial charge in [0.2, 0.25) is 0 Å². The maximum Gasteiger partial charge on any atom is 0.254 e. The van der Waals surface area contributed by atoms with Gasteiger partial charge in [0.05, 0.1) is 29.2 Å². The van der Waals surface area contributed by atoms with Crippen molar-refractivity contribution in [1.82, 2.24) is 20.0 Å². The van der Waals surface area contributed by atoms with Gasteiger partial charge in [-0.1, -0.05) is 35.9 Å². The standard InChI is InChI=1S/C23H24ClFN4O/c1-16-18(14-27-29(16)17-8-3-2-4-9-17)23(30)26-15-21(28-12-5-6-13-28)22-19(24)10-7-11-20(22)25/h2-4,7-11,14,21H,5-6,12-13,15H2,1H3,(H,26,30). The monoisotopic (exact) mass is 426 g/mol. The first kappa shape index (κ1) is 20.6. The number of amides is 1. The summed E-state index contributed by atoms with van der Waals surface area (Å²) in [5.74, 6) is -0.576. The summed E-state index contributed by atoms with van der Waals surface area (Å²) in [6.07, 6.45) is 3.68. The molecule has 1 aliphatic rings. The predicted molar refractivity (Wildman–Crippen MR) is 116 cm³/mol. The molecule has 0 radical (unpaired) electrons. The Morgan fingerprint density at radius 3 is 2.60 bits per heavy atom. The van der Waals surface area contributed by atoms with E-state index < -0.39 is 0 Å². The molecule has 1 atom stereocenters. The van der Waals surface area contributed by atoms with E-state index in [2.05, 4.69) is 15.3 Å². The third-order valence-corrected chi connectivity index (χ3v) is 5.96. The van der Waals surface area contributed by atoms with Crippen LogP contribution >= 0.6 is 11.6 Å². The fourth-order valence-electron chi connectivity index (χ4n) is 4.04. The van der Waals surface area contributed by atoms with Crippen molar-refractivity contribution < 1.29 is 9.18 Å². The number of hydrogen-bond acceptors (Lipinski definition) is 3. The van der Waals surface area contributed by atoms with E-state index in [4.69, 9.17) is 11.6 Å². The SMILES string of the molecule is Cc1c(C(=O)NCC(c2c(F)cccc2Cl)N2CCCC2)cnn1-c1ccccc1. The van der Waals surface area contributed by atoms with Crippen molar-refractivity contribution in [2.24, 2.45) is 0 Å². The lowest BCUT2D eigenvalue weighted by Crippen LogP contribution is -2.37. The van der Waals surface area contributed by atoms with Crippen LogP contribution in [0.15, 0.2) is 54.7 Å². The molecule has 2 heterocycles. The zero-order valence-corrected chi connectivity index (χ0v) is 17.6. The molecule has 0 saturated carbocycles. The summed E-state index contributed by atoms with van der Waals surface area (Å²) in [5, 5.41) is 7.72. The maximum atomic E-state index is 14.6. The highest BCUT2D eigenvalue weighted by Gasteiger charge is 2.28. The van der Waals surface area contributed by atoms with Crippen molar-refractivity contribution >= 4 is 17.5 Å². The van der Waals surface area contributed by atoms with Crippen molar-refractivity contribution in [3.05, 3.63) is 82.4 Å². The van der Waals surface area contributed by atoms with E-state index in [-0.39, 0.29) is 24.3 Å². The van der Waals surface area contributed by atoms with Gasteiger partial charge in [-0.15, -0.1) is 0 Å². The molecule has 1 unspecified atom stereocenters. The van der Waals surface area contributed by atoms with E-state index in [0.29, 0.717) is 16.1 Å². The van der Waals surface area contributed by atoms with Gasteiger partial charge in [-0.25, -0.2) is 9.07 Å². The van der Waals surface area contributed by atoms with Gasteiger partial charge in [-0.2, -0.15) is 5.10 Å². The minimum Gasteiger partial charge on any atom is -0.350 e. The number of benzene rings is 2. The molecule has 4 rings (SSSR count). The Morgan fingerprint density at radius 1 is 1.17 bits per heavy atom. The van der Waals surface area contributed by atoms with E-state index in [1.165, 1.54) is 6.07 Å². The topological polar surface area (TPSA) is 50.2 Å². The number of aromatic nitrogens is 2. The third kappa shape index (κ3) is 4.11. The molecule has 7 heteroatoms. The van der Waals surface area contributed by atoms with Crippen molar-refractivity contribution in [3.8, 4) is 5.69 Å². The molecule has 1 aromatic heterocycles. The highest BCUT2D eigenvalue weighted by molar-refractivity contribution is 6.31. The molecule has 1 fully saturated rings. The maximum absolute atomic E-state index is 14.6. The zero-order valence-electron chi connectivity index (χ0n) is 16.8. The van der Waals surface area contributed by atoms with Crippen LogP contribution in [0.3, 0.4) is 0 Å². The number of likely N-dealkylation sites (tertiary alicyclic amines) is 1. The molecule has 5 nitrogen and oxygen atoms in total. The van der Waals surface area contributed by atoms with Crippen LogP contribution in [-0.2, 0) is 0 Å². The lowest BCUT2D eigenvalue weighted by molar-refractivity contribution is 0.0936. The second kappa shape index (κ2) is 8.98. The lowest BCUT2D eigenvalue weighted by atomic mass is 10.0. The first-order chi connectivity index (χ1) is 14.6. The second-order valence-electron chi connectivity index (χ2n) is 7.50. The minimum absolute atomic E-state index is 0.230. The fourth-order valence-corrected chi connectivity index (χ4v) is 4.33. The number of nitrogens with one attached hydrogen (secondary N) is 1. The molecular weight excluding hydrogens is 403 g/mol. The van der Waals surface area contributed by atoms with E-state index >= 15 is 0 Å². The van der Waals surface area contributed by atoms with Crippen LogP contribution in [0, 0.1) is 12.7 Å². The lowest BCUT2D eigenvalue weighted by Gasteiger charge is -2.29. The molecule has 1 saturated heterocycles. The fraction of sp³-hybridized carbons (Fsp3) is 0.304. The Labute approximate surface area is 180 Å². The number of rotatable bonds is 6. The smallest absolute Gasteiger partial charge is 0.254 e. The molecule has 3 aromatic rings. The summed E-state index contributed by atoms with van der Waals surface area (Å²) in [6.45, 7) is 3.85. The molecule has 1 amide bonds. The van der Waals surface area contributed by atoms with Gasteiger partial charge in [0.1, 0.15) is 5.82 Å². The molecule has 30 heavy (non-hydrogen) atoms. The molecular formula is C23H24ClFN4O. The van der Waals surface area contributed by atoms with Gasteiger partial charge in [0.15, 0.2) is 0 Å². The molecule has 0 aliphatic carbocycles. The summed E-state index contributed by atoms with van der Waals surface area (Å²) >= 11 is 6.34. The van der Waals surface area contributed by atoms with E-state index in [9.17, 15) is 9.18 Å². The molecule has 0 spiro atoms. The normalized spacial score (nSPS) is 15.3. The van der Waals surface area contributed by atoms with Crippen molar-refractivity contribution in [1.29, 1.82) is 0 Å². The average molecular weight is 427 g/mol. The highest BCUT2D eigenvalue weighted by Crippen LogP contribution is 2.32. The van der Waals surface area contributed by atoms with Gasteiger partial charge in [0, 0.05) is 17.1 Å². The summed E-state index contributed by atoms with van der Waals surface area (Å²) < 4.78 is 16.4. The predicted octanol–water partition coefficient (Wildman–Crippen LogP) is 4.54. The number of carbonyl (C=O) groups excluding carboxylic acids is 1. The van der Waals surface area contributed by atoms with Crippen LogP contribution in [0.1, 0.15) is 40.5 Å². The van der Waals surface area contributed by atoms with Gasteiger partial charge in [0.25, 0.3) is 5.91 Å². The second-order valence-corrected chi connectivity index (χ2v) is 7.90. The van der Waals surface area contributed by atoms with E-state index in [1.54, 1.807) is 23.0 Å². The third-order valence-electron chi connectivity index (χ3n) is 5.63. The van der Waals surface area contributed by atoms with Gasteiger partial charge in [-0.05, 0) is 57.1 Å². The summed E-state index contributed by atoms with van der Waals surface area (Å²) in [5.41, 5.74) is 2.58. The van der Waals surface area contributed by atoms with E-state index in [1.807, 2.05) is 37.3 Å². The molecule has 1 aliphatic heterocycles. The van der Waals surface area contributed by atoms with E-state index in [0.717, 1.165) is 37.3 Å². The molecule has 2 aromatic carbocycles. The first-order valence-electron chi connectivity index (χ1n) is 10.1. The van der Waals surface area contributed by atoms with Crippen LogP contribution in [0.5, 0.6) is 0 Å². The number of hydrogen-bond donors (Lipinski definition) is 1. The molecule has 1 N–H and O–H groups in total. The number of para-hydroxylation sites is 1. The Hall–Kier alpha value is -2.70. The molecule has 156 valence electrons. The van der Waals surface area contributed by atoms with Crippen LogP contribution in [-0.4, -0.2) is 40.2 Å². The Balaban J connectivity index is 1.54. The summed E-state index contributed by atoms with van der Waals surface area (Å²) in [7, 11) is 0. The zero-order chi connectivity index (χ0) is 21.1. The number of nitrogens with zero attached hydrogens (tertiary/aromatic N) is 3. The Kier molecular flexibility index (Phi) is 6.16. The van der Waals surface area contributed by atoms with Crippen LogP contribution < -0.4 is 5.32 Å². The van der Waals surface area contributed by atoms with Crippen molar-refractivity contribution in [2.45, 2.75) is 25.8 Å². The summed E-state index contributed by atoms with van der Waals surface area (Å²) in [4.78, 5) is 15.1. The quantitative estimate of drug-likeness (QED) is 0.629. The summed E-state index contributed by atoms with van der Waals surface area (Å²) in [6, 6.07) is 14.1. The van der Waals surface area contributed by atoms with Crippen LogP contribution in [0.2, 0.25) is 5.02 Å². The van der Waals surface area contributed by atoms with Gasteiger partial charge in [-0.3, -0.25) is 9.69 Å². The van der Waals surface area contributed by atoms with Crippen LogP contribution in [0.25, 0.3) is 5.69 Å². The van der Waals surface area contributed by atoms with Gasteiger partial charge >= 0.3 is 0 Å². The molecule has 0 bridgehead atoms.